The molecule has 118 valence electrons. The van der Waals surface area contributed by atoms with Gasteiger partial charge in [0, 0.05) is 13.4 Å². The van der Waals surface area contributed by atoms with Crippen LogP contribution in [-0.2, 0) is 19.3 Å². The molecule has 0 aliphatic rings. The molecule has 0 aromatic carbocycles. The zero-order valence-corrected chi connectivity index (χ0v) is 13.8. The largest absolute Gasteiger partial charge is 0.356 e. The van der Waals surface area contributed by atoms with Gasteiger partial charge in [-0.25, -0.2) is 18.4 Å². The molecule has 0 radical (unpaired) electrons. The Morgan fingerprint density at radius 2 is 1.62 bits per heavy atom. The molecule has 0 spiro atoms. The van der Waals surface area contributed by atoms with Gasteiger partial charge in [0.2, 0.25) is 15.0 Å². The molecule has 1 heterocycles. The number of sulfone groups is 1. The Morgan fingerprint density at radius 1 is 1.14 bits per heavy atom. The molecule has 2 unspecified atom stereocenters. The number of carbonyl (C=O) groups is 1. The fraction of sp³-hybridized carbons (Fsp3) is 0.615. The lowest BCUT2D eigenvalue weighted by Gasteiger charge is -2.18. The minimum Gasteiger partial charge on any atom is -0.356 e. The molecule has 1 rings (SSSR count). The van der Waals surface area contributed by atoms with E-state index in [1.165, 1.54) is 7.11 Å². The summed E-state index contributed by atoms with van der Waals surface area (Å²) < 4.78 is 33.3. The molecule has 0 saturated heterocycles. The van der Waals surface area contributed by atoms with Crippen molar-refractivity contribution in [3.05, 3.63) is 17.0 Å². The number of Topliss-reactive ketones (excluding diaryl/α,β-unsaturated/α-hetero) is 1. The van der Waals surface area contributed by atoms with E-state index in [-0.39, 0.29) is 16.5 Å². The Balaban J connectivity index is 3.17. The Bertz CT molecular complexity index is 619. The third-order valence-electron chi connectivity index (χ3n) is 2.93. The first-order valence-electron chi connectivity index (χ1n) is 6.35. The minimum absolute atomic E-state index is 0.276. The summed E-state index contributed by atoms with van der Waals surface area (Å²) in [7, 11) is -2.04. The highest BCUT2D eigenvalue weighted by Gasteiger charge is 2.25. The summed E-state index contributed by atoms with van der Waals surface area (Å²) in [5.41, 5.74) is 0.903. The van der Waals surface area contributed by atoms with Crippen LogP contribution in [0, 0.1) is 13.8 Å². The van der Waals surface area contributed by atoms with Crippen molar-refractivity contribution in [3.63, 3.8) is 0 Å². The van der Waals surface area contributed by atoms with Crippen LogP contribution in [0.15, 0.2) is 5.16 Å². The predicted molar refractivity (Wildman–Crippen MR) is 76.0 cm³/mol. The average molecular weight is 316 g/mol. The second kappa shape index (κ2) is 6.59. The van der Waals surface area contributed by atoms with Gasteiger partial charge >= 0.3 is 0 Å². The van der Waals surface area contributed by atoms with Crippen molar-refractivity contribution in [1.29, 1.82) is 0 Å². The van der Waals surface area contributed by atoms with Crippen molar-refractivity contribution in [1.82, 2.24) is 9.97 Å². The van der Waals surface area contributed by atoms with Crippen LogP contribution in [0.25, 0.3) is 0 Å². The zero-order chi connectivity index (χ0) is 16.4. The number of methoxy groups -OCH3 is 1. The monoisotopic (exact) mass is 316 g/mol. The van der Waals surface area contributed by atoms with Crippen LogP contribution in [0.5, 0.6) is 0 Å². The highest BCUT2D eigenvalue weighted by molar-refractivity contribution is 7.90. The molecule has 0 N–H and O–H groups in total. The van der Waals surface area contributed by atoms with E-state index in [0.29, 0.717) is 11.4 Å². The number of aryl methyl sites for hydroxylation is 2. The number of ether oxygens (including phenoxy) is 2. The maximum atomic E-state index is 12.4. The van der Waals surface area contributed by atoms with Crippen LogP contribution in [0.3, 0.4) is 0 Å². The molecule has 2 atom stereocenters. The summed E-state index contributed by atoms with van der Waals surface area (Å²) in [5.74, 6) is -0.311. The molecule has 7 nitrogen and oxygen atoms in total. The van der Waals surface area contributed by atoms with E-state index in [2.05, 4.69) is 9.97 Å². The number of rotatable bonds is 6. The van der Waals surface area contributed by atoms with E-state index in [4.69, 9.17) is 9.47 Å². The van der Waals surface area contributed by atoms with E-state index in [0.717, 1.165) is 6.26 Å². The number of carbonyl (C=O) groups excluding carboxylic acids is 1. The lowest BCUT2D eigenvalue weighted by molar-refractivity contribution is -0.127. The van der Waals surface area contributed by atoms with Crippen molar-refractivity contribution in [3.8, 4) is 0 Å². The summed E-state index contributed by atoms with van der Waals surface area (Å²) in [6.07, 6.45) is -0.250. The van der Waals surface area contributed by atoms with Gasteiger partial charge in [0.15, 0.2) is 12.1 Å². The number of aromatic nitrogens is 2. The molecular formula is C13H20N2O5S. The third kappa shape index (κ3) is 4.29. The third-order valence-corrected chi connectivity index (χ3v) is 3.77. The predicted octanol–water partition coefficient (Wildman–Crippen LogP) is 1.08. The molecule has 0 aliphatic carbocycles. The van der Waals surface area contributed by atoms with Crippen molar-refractivity contribution in [2.75, 3.05) is 13.4 Å². The van der Waals surface area contributed by atoms with Crippen molar-refractivity contribution in [2.24, 2.45) is 0 Å². The van der Waals surface area contributed by atoms with Gasteiger partial charge in [0.1, 0.15) is 6.10 Å². The maximum Gasteiger partial charge on any atom is 0.247 e. The van der Waals surface area contributed by atoms with E-state index >= 15 is 0 Å². The minimum atomic E-state index is -3.52. The molecule has 0 saturated carbocycles. The zero-order valence-electron chi connectivity index (χ0n) is 13.0. The molecule has 0 fully saturated rings. The van der Waals surface area contributed by atoms with E-state index in [1.807, 2.05) is 0 Å². The van der Waals surface area contributed by atoms with Crippen LogP contribution in [0.4, 0.5) is 0 Å². The quantitative estimate of drug-likeness (QED) is 0.440. The summed E-state index contributed by atoms with van der Waals surface area (Å²) in [6.45, 7) is 6.42. The van der Waals surface area contributed by atoms with Gasteiger partial charge in [-0.1, -0.05) is 0 Å². The normalized spacial score (nSPS) is 14.8. The SMILES string of the molecule is COC(C)OC(C)C(=O)c1c(C)nc(S(C)(=O)=O)nc1C. The van der Waals surface area contributed by atoms with Gasteiger partial charge < -0.3 is 9.47 Å². The number of nitrogens with zero attached hydrogens (tertiary/aromatic N) is 2. The van der Waals surface area contributed by atoms with Gasteiger partial charge in [-0.2, -0.15) is 0 Å². The van der Waals surface area contributed by atoms with Crippen LogP contribution in [-0.4, -0.2) is 49.9 Å². The van der Waals surface area contributed by atoms with Gasteiger partial charge in [0.05, 0.1) is 17.0 Å². The fourth-order valence-corrected chi connectivity index (χ4v) is 2.42. The fourth-order valence-electron chi connectivity index (χ4n) is 1.82. The summed E-state index contributed by atoms with van der Waals surface area (Å²) in [5, 5.41) is -0.284. The average Bonchev–Trinajstić information content (AvgIpc) is 2.36. The Labute approximate surface area is 124 Å². The Kier molecular flexibility index (Phi) is 5.54. The van der Waals surface area contributed by atoms with Crippen LogP contribution in [0.1, 0.15) is 35.6 Å². The molecule has 0 bridgehead atoms. The molecule has 21 heavy (non-hydrogen) atoms. The molecule has 1 aromatic heterocycles. The summed E-state index contributed by atoms with van der Waals surface area (Å²) in [4.78, 5) is 20.2. The van der Waals surface area contributed by atoms with Crippen LogP contribution >= 0.6 is 0 Å². The summed E-state index contributed by atoms with van der Waals surface area (Å²) in [6, 6.07) is 0. The topological polar surface area (TPSA) is 95.5 Å². The first kappa shape index (κ1) is 17.7. The number of hydrogen-bond donors (Lipinski definition) is 0. The molecular weight excluding hydrogens is 296 g/mol. The van der Waals surface area contributed by atoms with E-state index < -0.39 is 22.2 Å². The lowest BCUT2D eigenvalue weighted by Crippen LogP contribution is -2.28. The van der Waals surface area contributed by atoms with E-state index in [9.17, 15) is 13.2 Å². The van der Waals surface area contributed by atoms with Crippen LogP contribution < -0.4 is 0 Å². The van der Waals surface area contributed by atoms with Gasteiger partial charge in [-0.05, 0) is 27.7 Å². The standard InChI is InChI=1S/C13H20N2O5S/c1-7-11(12(16)9(3)20-10(4)19-5)8(2)15-13(14-7)21(6,17)18/h9-10H,1-6H3. The lowest BCUT2D eigenvalue weighted by atomic mass is 10.0. The van der Waals surface area contributed by atoms with Gasteiger partial charge in [0.25, 0.3) is 0 Å². The highest BCUT2D eigenvalue weighted by atomic mass is 32.2. The maximum absolute atomic E-state index is 12.4. The van der Waals surface area contributed by atoms with Gasteiger partial charge in [-0.3, -0.25) is 4.79 Å². The smallest absolute Gasteiger partial charge is 0.247 e. The molecule has 1 aromatic rings. The Hall–Kier alpha value is -1.38. The molecule has 0 amide bonds. The second-order valence-electron chi connectivity index (χ2n) is 4.77. The van der Waals surface area contributed by atoms with Crippen molar-refractivity contribution in [2.45, 2.75) is 45.2 Å². The second-order valence-corrected chi connectivity index (χ2v) is 6.68. The molecule has 0 aliphatic heterocycles. The molecule has 8 heteroatoms. The van der Waals surface area contributed by atoms with E-state index in [1.54, 1.807) is 27.7 Å². The highest BCUT2D eigenvalue weighted by Crippen LogP contribution is 2.17. The first-order chi connectivity index (χ1) is 9.57. The van der Waals surface area contributed by atoms with Gasteiger partial charge in [-0.15, -0.1) is 0 Å². The summed E-state index contributed by atoms with van der Waals surface area (Å²) >= 11 is 0. The van der Waals surface area contributed by atoms with Crippen LogP contribution in [0.2, 0.25) is 0 Å². The number of ketones is 1. The van der Waals surface area contributed by atoms with Crippen molar-refractivity contribution < 1.29 is 22.7 Å². The van der Waals surface area contributed by atoms with Crippen molar-refractivity contribution >= 4 is 15.6 Å². The number of hydrogen-bond acceptors (Lipinski definition) is 7. The Morgan fingerprint density at radius 3 is 2.00 bits per heavy atom. The first-order valence-corrected chi connectivity index (χ1v) is 8.24.